The van der Waals surface area contributed by atoms with Crippen LogP contribution in [0.15, 0.2) is 18.2 Å². The van der Waals surface area contributed by atoms with Crippen LogP contribution >= 0.6 is 0 Å². The highest BCUT2D eigenvalue weighted by molar-refractivity contribution is 5.88. The van der Waals surface area contributed by atoms with Gasteiger partial charge in [0.15, 0.2) is 11.5 Å². The van der Waals surface area contributed by atoms with Crippen molar-refractivity contribution in [2.24, 2.45) is 0 Å². The van der Waals surface area contributed by atoms with Crippen LogP contribution in [0.3, 0.4) is 0 Å². The van der Waals surface area contributed by atoms with Gasteiger partial charge in [0.2, 0.25) is 5.75 Å². The summed E-state index contributed by atoms with van der Waals surface area (Å²) in [5.74, 6) is 1.64. The van der Waals surface area contributed by atoms with Crippen LogP contribution in [-0.4, -0.2) is 32.9 Å². The quantitative estimate of drug-likeness (QED) is 0.0775. The lowest BCUT2D eigenvalue weighted by Gasteiger charge is -2.19. The second-order valence-electron chi connectivity index (χ2n) is 9.81. The molecule has 0 fully saturated rings. The van der Waals surface area contributed by atoms with Crippen molar-refractivity contribution in [1.82, 2.24) is 0 Å². The molecule has 0 saturated carbocycles. The van der Waals surface area contributed by atoms with E-state index >= 15 is 0 Å². The number of carbonyl (C=O) groups excluding carboxylic acids is 1. The van der Waals surface area contributed by atoms with Gasteiger partial charge in [-0.3, -0.25) is 0 Å². The molecule has 0 spiro atoms. The maximum Gasteiger partial charge on any atom is 0.330 e. The SMILES string of the molecule is CCCCCCCCOc1c(C=CC(=O)OC)ccc(OCCCCCC)c1OCCCCCCCC. The van der Waals surface area contributed by atoms with Crippen LogP contribution in [0.2, 0.25) is 0 Å². The van der Waals surface area contributed by atoms with Crippen LogP contribution in [0.4, 0.5) is 0 Å². The van der Waals surface area contributed by atoms with Crippen molar-refractivity contribution in [3.63, 3.8) is 0 Å². The maximum atomic E-state index is 11.8. The van der Waals surface area contributed by atoms with Gasteiger partial charge in [-0.2, -0.15) is 0 Å². The fraction of sp³-hybridized carbons (Fsp3) is 0.719. The molecule has 1 rings (SSSR count). The molecule has 0 aliphatic heterocycles. The van der Waals surface area contributed by atoms with Gasteiger partial charge in [-0.25, -0.2) is 4.79 Å². The van der Waals surface area contributed by atoms with Crippen molar-refractivity contribution in [2.75, 3.05) is 26.9 Å². The van der Waals surface area contributed by atoms with E-state index in [1.54, 1.807) is 6.08 Å². The summed E-state index contributed by atoms with van der Waals surface area (Å²) in [6.07, 6.45) is 22.2. The number of carbonyl (C=O) groups is 1. The third-order valence-electron chi connectivity index (χ3n) is 6.45. The van der Waals surface area contributed by atoms with Crippen LogP contribution in [0.5, 0.6) is 17.2 Å². The zero-order chi connectivity index (χ0) is 27.0. The minimum Gasteiger partial charge on any atom is -0.490 e. The summed E-state index contributed by atoms with van der Waals surface area (Å²) in [6.45, 7) is 8.57. The molecule has 0 aromatic heterocycles. The average Bonchev–Trinajstić information content (AvgIpc) is 2.91. The summed E-state index contributed by atoms with van der Waals surface area (Å²) in [4.78, 5) is 11.8. The van der Waals surface area contributed by atoms with E-state index in [0.29, 0.717) is 31.3 Å². The van der Waals surface area contributed by atoms with Crippen molar-refractivity contribution in [3.8, 4) is 17.2 Å². The number of methoxy groups -OCH3 is 1. The van der Waals surface area contributed by atoms with Crippen LogP contribution in [0.1, 0.15) is 129 Å². The van der Waals surface area contributed by atoms with E-state index in [1.165, 1.54) is 77.4 Å². The number of benzene rings is 1. The number of unbranched alkanes of at least 4 members (excludes halogenated alkanes) is 13. The predicted octanol–water partition coefficient (Wildman–Crippen LogP) is 9.31. The Labute approximate surface area is 227 Å². The van der Waals surface area contributed by atoms with Crippen LogP contribution in [0, 0.1) is 0 Å². The number of hydrogen-bond donors (Lipinski definition) is 0. The number of ether oxygens (including phenoxy) is 4. The molecule has 0 atom stereocenters. The normalized spacial score (nSPS) is 11.1. The summed E-state index contributed by atoms with van der Waals surface area (Å²) < 4.78 is 23.6. The second kappa shape index (κ2) is 23.0. The van der Waals surface area contributed by atoms with Gasteiger partial charge in [-0.1, -0.05) is 104 Å². The van der Waals surface area contributed by atoms with Crippen molar-refractivity contribution >= 4 is 12.0 Å². The Hall–Kier alpha value is -2.17. The van der Waals surface area contributed by atoms with Crippen molar-refractivity contribution in [3.05, 3.63) is 23.8 Å². The van der Waals surface area contributed by atoms with Crippen LogP contribution in [-0.2, 0) is 9.53 Å². The second-order valence-corrected chi connectivity index (χ2v) is 9.81. The largest absolute Gasteiger partial charge is 0.490 e. The summed E-state index contributed by atoms with van der Waals surface area (Å²) in [5.41, 5.74) is 0.799. The first-order valence-electron chi connectivity index (χ1n) is 15.0. The first-order valence-corrected chi connectivity index (χ1v) is 15.0. The fourth-order valence-electron chi connectivity index (χ4n) is 4.14. The van der Waals surface area contributed by atoms with Gasteiger partial charge in [-0.15, -0.1) is 0 Å². The molecule has 5 nitrogen and oxygen atoms in total. The minimum atomic E-state index is -0.396. The Bertz CT molecular complexity index is 728. The number of esters is 1. The Kier molecular flexibility index (Phi) is 20.4. The Morgan fingerprint density at radius 1 is 0.622 bits per heavy atom. The van der Waals surface area contributed by atoms with E-state index in [9.17, 15) is 4.79 Å². The van der Waals surface area contributed by atoms with Gasteiger partial charge in [0, 0.05) is 11.6 Å². The van der Waals surface area contributed by atoms with E-state index in [0.717, 1.165) is 49.8 Å². The molecule has 0 amide bonds. The first kappa shape index (κ1) is 32.9. The maximum absolute atomic E-state index is 11.8. The molecular weight excluding hydrogens is 464 g/mol. The third-order valence-corrected chi connectivity index (χ3v) is 6.45. The number of rotatable bonds is 24. The molecule has 212 valence electrons. The molecule has 1 aromatic rings. The third kappa shape index (κ3) is 15.6. The van der Waals surface area contributed by atoms with Crippen molar-refractivity contribution < 1.29 is 23.7 Å². The highest BCUT2D eigenvalue weighted by Gasteiger charge is 2.17. The molecule has 0 aliphatic rings. The van der Waals surface area contributed by atoms with E-state index in [1.807, 2.05) is 12.1 Å². The summed E-state index contributed by atoms with van der Waals surface area (Å²) in [7, 11) is 1.38. The van der Waals surface area contributed by atoms with Crippen LogP contribution in [0.25, 0.3) is 6.08 Å². The molecule has 0 aliphatic carbocycles. The molecule has 37 heavy (non-hydrogen) atoms. The summed E-state index contributed by atoms with van der Waals surface area (Å²) >= 11 is 0. The first-order chi connectivity index (χ1) is 18.2. The summed E-state index contributed by atoms with van der Waals surface area (Å²) in [6, 6.07) is 3.87. The van der Waals surface area contributed by atoms with Crippen molar-refractivity contribution in [1.29, 1.82) is 0 Å². The fourth-order valence-corrected chi connectivity index (χ4v) is 4.14. The highest BCUT2D eigenvalue weighted by Crippen LogP contribution is 2.41. The van der Waals surface area contributed by atoms with Gasteiger partial charge in [-0.05, 0) is 37.5 Å². The van der Waals surface area contributed by atoms with E-state index in [4.69, 9.17) is 18.9 Å². The smallest absolute Gasteiger partial charge is 0.330 e. The molecular formula is C32H54O5. The monoisotopic (exact) mass is 518 g/mol. The van der Waals surface area contributed by atoms with Gasteiger partial charge < -0.3 is 18.9 Å². The molecule has 0 unspecified atom stereocenters. The lowest BCUT2D eigenvalue weighted by molar-refractivity contribution is -0.134. The Morgan fingerprint density at radius 3 is 1.62 bits per heavy atom. The zero-order valence-electron chi connectivity index (χ0n) is 24.3. The standard InChI is InChI=1S/C32H54O5/c1-5-8-11-14-16-19-26-36-31-28(22-24-30(33)34-4)21-23-29(35-25-18-13-10-7-3)32(31)37-27-20-17-15-12-9-6-2/h21-24H,5-20,25-27H2,1-4H3. The van der Waals surface area contributed by atoms with Gasteiger partial charge in [0.25, 0.3) is 0 Å². The van der Waals surface area contributed by atoms with Gasteiger partial charge in [0.05, 0.1) is 26.9 Å². The van der Waals surface area contributed by atoms with Crippen LogP contribution < -0.4 is 14.2 Å². The molecule has 1 aromatic carbocycles. The molecule has 0 bridgehead atoms. The Morgan fingerprint density at radius 2 is 1.08 bits per heavy atom. The summed E-state index contributed by atoms with van der Waals surface area (Å²) in [5, 5.41) is 0. The molecule has 5 heteroatoms. The molecule has 0 saturated heterocycles. The van der Waals surface area contributed by atoms with E-state index < -0.39 is 5.97 Å². The Balaban J connectivity index is 2.99. The minimum absolute atomic E-state index is 0.396. The molecule has 0 heterocycles. The van der Waals surface area contributed by atoms with Crippen molar-refractivity contribution in [2.45, 2.75) is 124 Å². The van der Waals surface area contributed by atoms with E-state index in [-0.39, 0.29) is 0 Å². The molecule has 0 N–H and O–H groups in total. The van der Waals surface area contributed by atoms with Gasteiger partial charge >= 0.3 is 5.97 Å². The van der Waals surface area contributed by atoms with E-state index in [2.05, 4.69) is 20.8 Å². The van der Waals surface area contributed by atoms with Gasteiger partial charge in [0.1, 0.15) is 0 Å². The topological polar surface area (TPSA) is 54.0 Å². The lowest BCUT2D eigenvalue weighted by Crippen LogP contribution is -2.07. The lowest BCUT2D eigenvalue weighted by atomic mass is 10.1. The average molecular weight is 519 g/mol. The zero-order valence-corrected chi connectivity index (χ0v) is 24.3. The predicted molar refractivity (Wildman–Crippen MR) is 155 cm³/mol. The molecule has 0 radical (unpaired) electrons. The number of hydrogen-bond acceptors (Lipinski definition) is 5. The highest BCUT2D eigenvalue weighted by atomic mass is 16.5.